The van der Waals surface area contributed by atoms with Gasteiger partial charge in [-0.25, -0.2) is 4.79 Å². The summed E-state index contributed by atoms with van der Waals surface area (Å²) in [7, 11) is 3.51. The Morgan fingerprint density at radius 3 is 2.52 bits per heavy atom. The van der Waals surface area contributed by atoms with Crippen LogP contribution in [0.5, 0.6) is 0 Å². The van der Waals surface area contributed by atoms with Crippen molar-refractivity contribution in [3.8, 4) is 6.07 Å². The molecule has 0 saturated heterocycles. The van der Waals surface area contributed by atoms with E-state index in [9.17, 15) is 10.1 Å². The van der Waals surface area contributed by atoms with Crippen molar-refractivity contribution < 1.29 is 9.53 Å². The molecule has 0 heterocycles. The summed E-state index contributed by atoms with van der Waals surface area (Å²) in [5, 5.41) is 9.18. The Kier molecular flexibility index (Phi) is 7.13. The van der Waals surface area contributed by atoms with Crippen LogP contribution in [0.4, 0.5) is 0 Å². The van der Waals surface area contributed by atoms with Gasteiger partial charge in [0, 0.05) is 19.0 Å². The molecule has 0 atom stereocenters. The molecule has 0 aromatic heterocycles. The van der Waals surface area contributed by atoms with Gasteiger partial charge in [0.05, 0.1) is 11.5 Å². The van der Waals surface area contributed by atoms with Crippen LogP contribution in [-0.4, -0.2) is 31.6 Å². The minimum absolute atomic E-state index is 0.317. The number of hydrogen-bond acceptors (Lipinski definition) is 5. The molecule has 0 N–H and O–H groups in total. The van der Waals surface area contributed by atoms with Crippen molar-refractivity contribution in [3.05, 3.63) is 53.1 Å². The zero-order valence-corrected chi connectivity index (χ0v) is 13.2. The fraction of sp³-hybridized carbons (Fsp3) is 0.250. The van der Waals surface area contributed by atoms with Gasteiger partial charge < -0.3 is 9.64 Å². The van der Waals surface area contributed by atoms with E-state index < -0.39 is 5.97 Å². The first-order valence-electron chi connectivity index (χ1n) is 6.48. The Hall–Kier alpha value is -2.19. The first-order chi connectivity index (χ1) is 10.1. The van der Waals surface area contributed by atoms with Gasteiger partial charge in [-0.3, -0.25) is 0 Å². The molecule has 4 nitrogen and oxygen atoms in total. The van der Waals surface area contributed by atoms with E-state index in [0.29, 0.717) is 17.2 Å². The molecule has 0 aliphatic carbocycles. The Labute approximate surface area is 129 Å². The van der Waals surface area contributed by atoms with Gasteiger partial charge in [-0.15, -0.1) is 0 Å². The third-order valence-electron chi connectivity index (χ3n) is 2.44. The fourth-order valence-corrected chi connectivity index (χ4v) is 2.20. The van der Waals surface area contributed by atoms with E-state index >= 15 is 0 Å². The lowest BCUT2D eigenvalue weighted by Gasteiger charge is -2.14. The van der Waals surface area contributed by atoms with Crippen molar-refractivity contribution in [1.29, 1.82) is 5.26 Å². The summed E-state index contributed by atoms with van der Waals surface area (Å²) in [6, 6.07) is 11.7. The molecular formula is C16H18N2O2S. The summed E-state index contributed by atoms with van der Waals surface area (Å²) >= 11 is 1.35. The summed E-state index contributed by atoms with van der Waals surface area (Å²) < 4.78 is 4.98. The van der Waals surface area contributed by atoms with Crippen LogP contribution in [0.15, 0.2) is 58.0 Å². The summed E-state index contributed by atoms with van der Waals surface area (Å²) in [5.41, 5.74) is 0.401. The lowest BCUT2D eigenvalue weighted by Crippen LogP contribution is -2.21. The number of esters is 1. The summed E-state index contributed by atoms with van der Waals surface area (Å²) in [4.78, 5) is 14.9. The summed E-state index contributed by atoms with van der Waals surface area (Å²) in [5.74, 6) is -0.402. The summed E-state index contributed by atoms with van der Waals surface area (Å²) in [6.45, 7) is 2.07. The van der Waals surface area contributed by atoms with Crippen molar-refractivity contribution in [2.75, 3.05) is 20.7 Å². The molecule has 0 unspecified atom stereocenters. The van der Waals surface area contributed by atoms with Gasteiger partial charge in [0.15, 0.2) is 0 Å². The number of likely N-dealkylation sites (N-methyl/N-ethyl adjacent to an activating group) is 1. The van der Waals surface area contributed by atoms with Gasteiger partial charge in [0.1, 0.15) is 11.8 Å². The molecule has 0 spiro atoms. The molecule has 5 heteroatoms. The minimum Gasteiger partial charge on any atom is -0.461 e. The Morgan fingerprint density at radius 1 is 1.33 bits per heavy atom. The number of nitriles is 1. The number of thioether (sulfide) groups is 1. The van der Waals surface area contributed by atoms with Crippen LogP contribution in [0.2, 0.25) is 0 Å². The van der Waals surface area contributed by atoms with Crippen molar-refractivity contribution in [1.82, 2.24) is 4.90 Å². The van der Waals surface area contributed by atoms with E-state index in [1.54, 1.807) is 38.1 Å². The highest BCUT2D eigenvalue weighted by atomic mass is 32.2. The van der Waals surface area contributed by atoms with Gasteiger partial charge in [0.25, 0.3) is 0 Å². The second-order valence-electron chi connectivity index (χ2n) is 4.22. The topological polar surface area (TPSA) is 53.3 Å². The standard InChI is InChI=1S/C16H18N2O2S/c1-4-20-16(19)15(18(2)3)11-10-14(12-17)21-13-8-6-5-7-9-13/h5-11H,4H2,1-3H3/b14-10-,15-11-. The van der Waals surface area contributed by atoms with Gasteiger partial charge in [-0.05, 0) is 31.2 Å². The molecule has 0 radical (unpaired) electrons. The van der Waals surface area contributed by atoms with Gasteiger partial charge >= 0.3 is 5.97 Å². The average molecular weight is 302 g/mol. The number of allylic oxidation sites excluding steroid dienone is 3. The predicted octanol–water partition coefficient (Wildman–Crippen LogP) is 3.19. The zero-order chi connectivity index (χ0) is 15.7. The number of nitrogens with zero attached hydrogens (tertiary/aromatic N) is 2. The van der Waals surface area contributed by atoms with E-state index in [4.69, 9.17) is 4.74 Å². The molecule has 1 rings (SSSR count). The number of carbonyl (C=O) groups excluding carboxylic acids is 1. The van der Waals surface area contributed by atoms with Crippen LogP contribution >= 0.6 is 11.8 Å². The zero-order valence-electron chi connectivity index (χ0n) is 12.4. The molecule has 110 valence electrons. The molecule has 0 fully saturated rings. The number of carbonyl (C=O) groups is 1. The molecule has 0 bridgehead atoms. The Balaban J connectivity index is 2.92. The molecule has 0 saturated carbocycles. The third-order valence-corrected chi connectivity index (χ3v) is 3.40. The maximum absolute atomic E-state index is 11.8. The van der Waals surface area contributed by atoms with Crippen LogP contribution in [0.25, 0.3) is 0 Å². The molecule has 0 aliphatic heterocycles. The van der Waals surface area contributed by atoms with E-state index in [1.165, 1.54) is 11.8 Å². The second kappa shape index (κ2) is 8.88. The molecule has 21 heavy (non-hydrogen) atoms. The monoisotopic (exact) mass is 302 g/mol. The predicted molar refractivity (Wildman–Crippen MR) is 84.4 cm³/mol. The first kappa shape index (κ1) is 16.9. The highest BCUT2D eigenvalue weighted by Gasteiger charge is 2.11. The Bertz CT molecular complexity index is 572. The summed E-state index contributed by atoms with van der Waals surface area (Å²) in [6.07, 6.45) is 3.23. The average Bonchev–Trinajstić information content (AvgIpc) is 2.47. The highest BCUT2D eigenvalue weighted by molar-refractivity contribution is 8.03. The maximum atomic E-state index is 11.8. The van der Waals surface area contributed by atoms with Crippen molar-refractivity contribution >= 4 is 17.7 Å². The lowest BCUT2D eigenvalue weighted by atomic mass is 10.3. The van der Waals surface area contributed by atoms with E-state index in [0.717, 1.165) is 4.90 Å². The van der Waals surface area contributed by atoms with E-state index in [1.807, 2.05) is 30.3 Å². The fourth-order valence-electron chi connectivity index (χ4n) is 1.47. The molecule has 1 aromatic rings. The highest BCUT2D eigenvalue weighted by Crippen LogP contribution is 2.25. The van der Waals surface area contributed by atoms with Gasteiger partial charge in [-0.1, -0.05) is 30.0 Å². The molecule has 0 aliphatic rings. The first-order valence-corrected chi connectivity index (χ1v) is 7.29. The Morgan fingerprint density at radius 2 is 2.00 bits per heavy atom. The third kappa shape index (κ3) is 5.76. The SMILES string of the molecule is CCOC(=O)/C(=C/C=C(/C#N)Sc1ccccc1)N(C)C. The van der Waals surface area contributed by atoms with Gasteiger partial charge in [0.2, 0.25) is 0 Å². The van der Waals surface area contributed by atoms with Gasteiger partial charge in [-0.2, -0.15) is 5.26 Å². The quantitative estimate of drug-likeness (QED) is 0.265. The van der Waals surface area contributed by atoms with E-state index in [2.05, 4.69) is 6.07 Å². The minimum atomic E-state index is -0.402. The smallest absolute Gasteiger partial charge is 0.354 e. The van der Waals surface area contributed by atoms with Crippen LogP contribution in [-0.2, 0) is 9.53 Å². The largest absolute Gasteiger partial charge is 0.461 e. The van der Waals surface area contributed by atoms with E-state index in [-0.39, 0.29) is 0 Å². The second-order valence-corrected chi connectivity index (χ2v) is 5.34. The van der Waals surface area contributed by atoms with Crippen LogP contribution < -0.4 is 0 Å². The lowest BCUT2D eigenvalue weighted by molar-refractivity contribution is -0.140. The van der Waals surface area contributed by atoms with Crippen LogP contribution in [0, 0.1) is 11.3 Å². The number of ether oxygens (including phenoxy) is 1. The molecular weight excluding hydrogens is 284 g/mol. The normalized spacial score (nSPS) is 11.7. The van der Waals surface area contributed by atoms with Crippen molar-refractivity contribution in [3.63, 3.8) is 0 Å². The van der Waals surface area contributed by atoms with Crippen molar-refractivity contribution in [2.45, 2.75) is 11.8 Å². The molecule has 0 amide bonds. The number of hydrogen-bond donors (Lipinski definition) is 0. The van der Waals surface area contributed by atoms with Crippen LogP contribution in [0.1, 0.15) is 6.92 Å². The van der Waals surface area contributed by atoms with Crippen LogP contribution in [0.3, 0.4) is 0 Å². The number of benzene rings is 1. The molecule has 1 aromatic carbocycles. The van der Waals surface area contributed by atoms with Crippen molar-refractivity contribution in [2.24, 2.45) is 0 Å². The number of rotatable bonds is 6. The maximum Gasteiger partial charge on any atom is 0.354 e.